The molecule has 0 bridgehead atoms. The first-order valence-electron chi connectivity index (χ1n) is 6.42. The summed E-state index contributed by atoms with van der Waals surface area (Å²) in [4.78, 5) is 29.2. The van der Waals surface area contributed by atoms with Crippen molar-refractivity contribution < 1.29 is 4.39 Å². The molecule has 0 aliphatic carbocycles. The van der Waals surface area contributed by atoms with Gasteiger partial charge >= 0.3 is 0 Å². The molecule has 1 fully saturated rings. The molecule has 108 valence electrons. The van der Waals surface area contributed by atoms with Gasteiger partial charge in [-0.25, -0.2) is 4.39 Å². The predicted molar refractivity (Wildman–Crippen MR) is 80.7 cm³/mol. The summed E-state index contributed by atoms with van der Waals surface area (Å²) in [5.41, 5.74) is 5.74. The fourth-order valence-electron chi connectivity index (χ4n) is 2.66. The summed E-state index contributed by atoms with van der Waals surface area (Å²) in [5.74, 6) is -0.481. The van der Waals surface area contributed by atoms with E-state index in [1.165, 1.54) is 6.07 Å². The number of anilines is 1. The minimum atomic E-state index is -0.481. The molecule has 8 heteroatoms. The Balaban J connectivity index is 2.02. The lowest BCUT2D eigenvalue weighted by Crippen LogP contribution is -2.56. The Morgan fingerprint density at radius 1 is 1.33 bits per heavy atom. The normalized spacial score (nSPS) is 15.8. The Kier molecular flexibility index (Phi) is 2.48. The monoisotopic (exact) mass is 306 g/mol. The lowest BCUT2D eigenvalue weighted by Gasteiger charge is -2.39. The van der Waals surface area contributed by atoms with Crippen LogP contribution in [0.4, 0.5) is 10.1 Å². The predicted octanol–water partition coefficient (Wildman–Crippen LogP) is 0.717. The second-order valence-corrected chi connectivity index (χ2v) is 6.02. The van der Waals surface area contributed by atoms with Crippen molar-refractivity contribution >= 4 is 38.3 Å². The molecule has 1 aliphatic rings. The number of pyridine rings is 1. The van der Waals surface area contributed by atoms with Gasteiger partial charge in [-0.15, -0.1) is 0 Å². The maximum atomic E-state index is 14.2. The molecule has 1 aliphatic heterocycles. The summed E-state index contributed by atoms with van der Waals surface area (Å²) < 4.78 is 16.7. The number of hydrogen-bond acceptors (Lipinski definition) is 5. The molecule has 4 N–H and O–H groups in total. The number of halogens is 1. The van der Waals surface area contributed by atoms with E-state index in [9.17, 15) is 14.0 Å². The summed E-state index contributed by atoms with van der Waals surface area (Å²) in [6.45, 7) is 1.18. The van der Waals surface area contributed by atoms with Crippen LogP contribution in [0.1, 0.15) is 0 Å². The number of nitrogens with one attached hydrogen (secondary N) is 2. The van der Waals surface area contributed by atoms with Gasteiger partial charge in [0.2, 0.25) is 5.43 Å². The molecule has 3 aromatic rings. The van der Waals surface area contributed by atoms with Crippen LogP contribution in [-0.2, 0) is 0 Å². The number of H-pyrrole nitrogens is 2. The summed E-state index contributed by atoms with van der Waals surface area (Å²) in [6.07, 6.45) is 0. The number of fused-ring (bicyclic) bond motifs is 2. The quantitative estimate of drug-likeness (QED) is 0.617. The van der Waals surface area contributed by atoms with Crippen molar-refractivity contribution in [2.24, 2.45) is 5.73 Å². The first-order chi connectivity index (χ1) is 10.0. The highest BCUT2D eigenvalue weighted by molar-refractivity contribution is 7.12. The van der Waals surface area contributed by atoms with Crippen molar-refractivity contribution in [2.45, 2.75) is 6.04 Å². The maximum absolute atomic E-state index is 14.2. The van der Waals surface area contributed by atoms with Crippen LogP contribution in [0.25, 0.3) is 21.1 Å². The van der Waals surface area contributed by atoms with E-state index in [1.54, 1.807) is 6.07 Å². The van der Waals surface area contributed by atoms with E-state index >= 15 is 0 Å². The van der Waals surface area contributed by atoms with Crippen molar-refractivity contribution in [3.63, 3.8) is 0 Å². The zero-order chi connectivity index (χ0) is 14.7. The number of hydrogen-bond donors (Lipinski definition) is 3. The van der Waals surface area contributed by atoms with E-state index in [2.05, 4.69) is 9.36 Å². The van der Waals surface area contributed by atoms with Crippen LogP contribution in [-0.4, -0.2) is 28.5 Å². The molecule has 0 radical (unpaired) electrons. The van der Waals surface area contributed by atoms with Gasteiger partial charge in [0, 0.05) is 24.5 Å². The third-order valence-corrected chi connectivity index (χ3v) is 4.56. The lowest BCUT2D eigenvalue weighted by molar-refractivity contribution is 0.505. The molecule has 6 nitrogen and oxygen atoms in total. The SMILES string of the molecule is NC1CN(c2cc3[nH]c4s[nH]c(=O)c4c(=O)c3cc2F)C1. The van der Waals surface area contributed by atoms with Crippen LogP contribution in [0.15, 0.2) is 21.7 Å². The molecule has 4 rings (SSSR count). The van der Waals surface area contributed by atoms with Gasteiger partial charge in [-0.3, -0.25) is 14.0 Å². The minimum Gasteiger partial charge on any atom is -0.366 e. The Morgan fingerprint density at radius 2 is 2.10 bits per heavy atom. The molecule has 0 amide bonds. The smallest absolute Gasteiger partial charge is 0.271 e. The van der Waals surface area contributed by atoms with Gasteiger partial charge in [-0.1, -0.05) is 0 Å². The van der Waals surface area contributed by atoms with E-state index in [0.29, 0.717) is 29.1 Å². The summed E-state index contributed by atoms with van der Waals surface area (Å²) in [7, 11) is 0. The average molecular weight is 306 g/mol. The average Bonchev–Trinajstić information content (AvgIpc) is 2.78. The van der Waals surface area contributed by atoms with Crippen molar-refractivity contribution in [1.29, 1.82) is 0 Å². The van der Waals surface area contributed by atoms with E-state index < -0.39 is 16.8 Å². The van der Waals surface area contributed by atoms with E-state index in [0.717, 1.165) is 11.5 Å². The van der Waals surface area contributed by atoms with Gasteiger partial charge in [-0.05, 0) is 23.7 Å². The number of aromatic amines is 2. The first kappa shape index (κ1) is 12.5. The molecule has 3 heterocycles. The van der Waals surface area contributed by atoms with Gasteiger partial charge in [0.05, 0.1) is 11.2 Å². The number of nitrogens with two attached hydrogens (primary N) is 1. The third-order valence-electron chi connectivity index (χ3n) is 3.76. The Hall–Kier alpha value is -2.19. The van der Waals surface area contributed by atoms with E-state index in [1.807, 2.05) is 4.90 Å². The van der Waals surface area contributed by atoms with Crippen molar-refractivity contribution in [1.82, 2.24) is 9.36 Å². The topological polar surface area (TPSA) is 95.0 Å². The van der Waals surface area contributed by atoms with Crippen LogP contribution in [0, 0.1) is 5.82 Å². The van der Waals surface area contributed by atoms with Crippen molar-refractivity contribution in [2.75, 3.05) is 18.0 Å². The number of nitrogens with zero attached hydrogens (tertiary/aromatic N) is 1. The highest BCUT2D eigenvalue weighted by Gasteiger charge is 2.26. The molecule has 1 saturated heterocycles. The Bertz CT molecular complexity index is 983. The maximum Gasteiger partial charge on any atom is 0.271 e. The van der Waals surface area contributed by atoms with Crippen LogP contribution in [0.3, 0.4) is 0 Å². The van der Waals surface area contributed by atoms with E-state index in [-0.39, 0.29) is 16.8 Å². The molecular formula is C13H11FN4O2S. The first-order valence-corrected chi connectivity index (χ1v) is 7.23. The molecule has 2 aromatic heterocycles. The van der Waals surface area contributed by atoms with Crippen LogP contribution >= 0.6 is 11.5 Å². The zero-order valence-corrected chi connectivity index (χ0v) is 11.6. The van der Waals surface area contributed by atoms with Crippen molar-refractivity contribution in [3.8, 4) is 0 Å². The molecular weight excluding hydrogens is 295 g/mol. The lowest BCUT2D eigenvalue weighted by atomic mass is 10.1. The number of aromatic nitrogens is 2. The molecule has 0 saturated carbocycles. The fraction of sp³-hybridized carbons (Fsp3) is 0.231. The highest BCUT2D eigenvalue weighted by atomic mass is 32.1. The summed E-state index contributed by atoms with van der Waals surface area (Å²) in [6, 6.07) is 2.84. The van der Waals surface area contributed by atoms with Gasteiger partial charge in [0.25, 0.3) is 5.56 Å². The van der Waals surface area contributed by atoms with E-state index in [4.69, 9.17) is 5.73 Å². The van der Waals surface area contributed by atoms with Crippen molar-refractivity contribution in [3.05, 3.63) is 38.5 Å². The van der Waals surface area contributed by atoms with Gasteiger partial charge in [-0.2, -0.15) is 0 Å². The minimum absolute atomic E-state index is 0.0469. The highest BCUT2D eigenvalue weighted by Crippen LogP contribution is 2.27. The standard InChI is InChI=1S/C13H11FN4O2S/c14-7-1-6-8(2-9(7)18-3-5(15)4-18)16-13-10(11(6)19)12(20)17-21-13/h1-2,5H,3-4,15H2,(H,16,19)(H,17,20). The molecule has 0 spiro atoms. The second kappa shape index (κ2) is 4.15. The fourth-order valence-corrected chi connectivity index (χ4v) is 3.40. The third kappa shape index (κ3) is 1.72. The number of benzene rings is 1. The molecule has 0 unspecified atom stereocenters. The van der Waals surface area contributed by atoms with Gasteiger partial charge in [0.1, 0.15) is 16.0 Å². The van der Waals surface area contributed by atoms with Crippen LogP contribution in [0.5, 0.6) is 0 Å². The Morgan fingerprint density at radius 3 is 2.81 bits per heavy atom. The molecule has 0 atom stereocenters. The number of rotatable bonds is 1. The van der Waals surface area contributed by atoms with Crippen LogP contribution < -0.4 is 21.6 Å². The van der Waals surface area contributed by atoms with Gasteiger partial charge < -0.3 is 15.6 Å². The Labute approximate surface area is 121 Å². The summed E-state index contributed by atoms with van der Waals surface area (Å²) >= 11 is 1.06. The summed E-state index contributed by atoms with van der Waals surface area (Å²) in [5, 5.41) is 0.225. The van der Waals surface area contributed by atoms with Crippen LogP contribution in [0.2, 0.25) is 0 Å². The second-order valence-electron chi connectivity index (χ2n) is 5.21. The molecule has 1 aromatic carbocycles. The van der Waals surface area contributed by atoms with Gasteiger partial charge in [0.15, 0.2) is 0 Å². The zero-order valence-electron chi connectivity index (χ0n) is 10.8. The largest absolute Gasteiger partial charge is 0.366 e. The molecule has 21 heavy (non-hydrogen) atoms.